The van der Waals surface area contributed by atoms with E-state index in [1.165, 1.54) is 47.1 Å². The molecule has 0 aromatic heterocycles. The molecule has 2 aromatic rings. The number of amides is 1. The van der Waals surface area contributed by atoms with Crippen LogP contribution in [0.1, 0.15) is 55.7 Å². The Kier molecular flexibility index (Phi) is 7.87. The highest BCUT2D eigenvalue weighted by Crippen LogP contribution is 2.36. The Bertz CT molecular complexity index is 928. The number of aryl methyl sites for hydroxylation is 2. The Morgan fingerprint density at radius 3 is 2.55 bits per heavy atom. The Labute approximate surface area is 199 Å². The average molecular weight is 449 g/mol. The van der Waals surface area contributed by atoms with Gasteiger partial charge < -0.3 is 10.1 Å². The Morgan fingerprint density at radius 1 is 1.06 bits per heavy atom. The number of likely N-dealkylation sites (tertiary alicyclic amines) is 1. The number of piperidine rings is 1. The molecule has 0 saturated carbocycles. The van der Waals surface area contributed by atoms with Crippen LogP contribution in [0.3, 0.4) is 0 Å². The van der Waals surface area contributed by atoms with Crippen LogP contribution in [0.4, 0.5) is 0 Å². The van der Waals surface area contributed by atoms with Crippen molar-refractivity contribution < 1.29 is 9.53 Å². The monoisotopic (exact) mass is 448 g/mol. The first-order valence-electron chi connectivity index (χ1n) is 12.7. The van der Waals surface area contributed by atoms with Crippen LogP contribution in [-0.2, 0) is 16.0 Å². The molecular formula is C29H40N2O2. The fraction of sp³-hybridized carbons (Fsp3) is 0.552. The standard InChI is InChI=1S/C29H40N2O2/c1-22-17-23(2)19-27(18-22)26-9-6-8-25(20-26)21-29(10-15-33-16-11-29)28(32)30-12-14-31-13-5-4-7-24(31)3/h6,8-9,17-20,24H,4-5,7,10-16,21H2,1-3H3,(H,30,32). The fourth-order valence-corrected chi connectivity index (χ4v) is 5.63. The zero-order valence-electron chi connectivity index (χ0n) is 20.7. The predicted molar refractivity (Wildman–Crippen MR) is 135 cm³/mol. The topological polar surface area (TPSA) is 41.6 Å². The van der Waals surface area contributed by atoms with Crippen LogP contribution in [0.5, 0.6) is 0 Å². The van der Waals surface area contributed by atoms with Crippen LogP contribution in [-0.4, -0.2) is 49.7 Å². The van der Waals surface area contributed by atoms with Crippen molar-refractivity contribution in [1.82, 2.24) is 10.2 Å². The van der Waals surface area contributed by atoms with Crippen molar-refractivity contribution in [2.24, 2.45) is 5.41 Å². The summed E-state index contributed by atoms with van der Waals surface area (Å²) >= 11 is 0. The lowest BCUT2D eigenvalue weighted by Gasteiger charge is -2.37. The van der Waals surface area contributed by atoms with Gasteiger partial charge in [-0.15, -0.1) is 0 Å². The summed E-state index contributed by atoms with van der Waals surface area (Å²) in [5, 5.41) is 3.31. The number of carbonyl (C=O) groups excluding carboxylic acids is 1. The normalized spacial score (nSPS) is 21.0. The molecular weight excluding hydrogens is 408 g/mol. The van der Waals surface area contributed by atoms with Gasteiger partial charge in [0.25, 0.3) is 0 Å². The van der Waals surface area contributed by atoms with Crippen molar-refractivity contribution in [3.8, 4) is 11.1 Å². The van der Waals surface area contributed by atoms with Gasteiger partial charge in [0.2, 0.25) is 5.91 Å². The lowest BCUT2D eigenvalue weighted by molar-refractivity contribution is -0.136. The van der Waals surface area contributed by atoms with Crippen LogP contribution >= 0.6 is 0 Å². The molecule has 0 bridgehead atoms. The number of nitrogens with one attached hydrogen (secondary N) is 1. The number of hydrogen-bond acceptors (Lipinski definition) is 3. The maximum absolute atomic E-state index is 13.5. The van der Waals surface area contributed by atoms with Gasteiger partial charge in [-0.1, -0.05) is 60.0 Å². The third-order valence-corrected chi connectivity index (χ3v) is 7.58. The van der Waals surface area contributed by atoms with Gasteiger partial charge in [-0.2, -0.15) is 0 Å². The molecule has 178 valence electrons. The molecule has 2 fully saturated rings. The Morgan fingerprint density at radius 2 is 1.82 bits per heavy atom. The summed E-state index contributed by atoms with van der Waals surface area (Å²) in [6.07, 6.45) is 6.21. The van der Waals surface area contributed by atoms with E-state index in [1.54, 1.807) is 0 Å². The van der Waals surface area contributed by atoms with E-state index in [0.29, 0.717) is 19.3 Å². The lowest BCUT2D eigenvalue weighted by atomic mass is 9.74. The van der Waals surface area contributed by atoms with E-state index in [9.17, 15) is 4.79 Å². The average Bonchev–Trinajstić information content (AvgIpc) is 2.80. The minimum absolute atomic E-state index is 0.201. The number of hydrogen-bond donors (Lipinski definition) is 1. The van der Waals surface area contributed by atoms with E-state index in [2.05, 4.69) is 73.5 Å². The third kappa shape index (κ3) is 6.04. The predicted octanol–water partition coefficient (Wildman–Crippen LogP) is 5.30. The number of ether oxygens (including phenoxy) is 1. The van der Waals surface area contributed by atoms with Crippen LogP contribution in [0.15, 0.2) is 42.5 Å². The second kappa shape index (κ2) is 10.8. The highest BCUT2D eigenvalue weighted by atomic mass is 16.5. The van der Waals surface area contributed by atoms with E-state index in [1.807, 2.05) is 0 Å². The van der Waals surface area contributed by atoms with Crippen molar-refractivity contribution in [1.29, 1.82) is 0 Å². The van der Waals surface area contributed by atoms with Crippen molar-refractivity contribution >= 4 is 5.91 Å². The molecule has 2 saturated heterocycles. The van der Waals surface area contributed by atoms with Crippen molar-refractivity contribution in [3.63, 3.8) is 0 Å². The largest absolute Gasteiger partial charge is 0.381 e. The molecule has 4 heteroatoms. The highest BCUT2D eigenvalue weighted by Gasteiger charge is 2.40. The number of carbonyl (C=O) groups is 1. The van der Waals surface area contributed by atoms with Crippen LogP contribution in [0, 0.1) is 19.3 Å². The quantitative estimate of drug-likeness (QED) is 0.625. The minimum atomic E-state index is -0.382. The molecule has 1 N–H and O–H groups in total. The summed E-state index contributed by atoms with van der Waals surface area (Å²) in [6, 6.07) is 16.1. The second-order valence-corrected chi connectivity index (χ2v) is 10.3. The molecule has 2 aromatic carbocycles. The summed E-state index contributed by atoms with van der Waals surface area (Å²) in [7, 11) is 0. The maximum Gasteiger partial charge on any atom is 0.226 e. The summed E-state index contributed by atoms with van der Waals surface area (Å²) in [6.45, 7) is 10.8. The zero-order chi connectivity index (χ0) is 23.3. The first-order chi connectivity index (χ1) is 15.9. The molecule has 0 aliphatic carbocycles. The van der Waals surface area contributed by atoms with E-state index in [4.69, 9.17) is 4.74 Å². The zero-order valence-corrected chi connectivity index (χ0v) is 20.7. The molecule has 2 aliphatic heterocycles. The van der Waals surface area contributed by atoms with E-state index in [-0.39, 0.29) is 11.3 Å². The van der Waals surface area contributed by atoms with Crippen molar-refractivity contribution in [2.75, 3.05) is 32.8 Å². The molecule has 0 radical (unpaired) electrons. The van der Waals surface area contributed by atoms with Crippen molar-refractivity contribution in [2.45, 2.75) is 65.3 Å². The second-order valence-electron chi connectivity index (χ2n) is 10.3. The Balaban J connectivity index is 1.46. The minimum Gasteiger partial charge on any atom is -0.381 e. The number of nitrogens with zero attached hydrogens (tertiary/aromatic N) is 1. The molecule has 4 rings (SSSR count). The van der Waals surface area contributed by atoms with E-state index >= 15 is 0 Å². The molecule has 2 heterocycles. The van der Waals surface area contributed by atoms with Crippen molar-refractivity contribution in [3.05, 3.63) is 59.2 Å². The summed E-state index contributed by atoms with van der Waals surface area (Å²) in [5.74, 6) is 0.201. The molecule has 33 heavy (non-hydrogen) atoms. The van der Waals surface area contributed by atoms with Gasteiger partial charge in [-0.05, 0) is 76.1 Å². The fourth-order valence-electron chi connectivity index (χ4n) is 5.63. The van der Waals surface area contributed by atoms with Gasteiger partial charge in [-0.3, -0.25) is 9.69 Å². The maximum atomic E-state index is 13.5. The first-order valence-corrected chi connectivity index (χ1v) is 12.7. The summed E-state index contributed by atoms with van der Waals surface area (Å²) in [5.41, 5.74) is 5.87. The van der Waals surface area contributed by atoms with Gasteiger partial charge in [0, 0.05) is 32.3 Å². The van der Waals surface area contributed by atoms with Gasteiger partial charge in [-0.25, -0.2) is 0 Å². The molecule has 1 amide bonds. The van der Waals surface area contributed by atoms with Gasteiger partial charge in [0.05, 0.1) is 5.41 Å². The van der Waals surface area contributed by atoms with Crippen LogP contribution in [0.25, 0.3) is 11.1 Å². The smallest absolute Gasteiger partial charge is 0.226 e. The molecule has 4 nitrogen and oxygen atoms in total. The summed E-state index contributed by atoms with van der Waals surface area (Å²) < 4.78 is 5.66. The molecule has 2 aliphatic rings. The highest BCUT2D eigenvalue weighted by molar-refractivity contribution is 5.83. The van der Waals surface area contributed by atoms with E-state index in [0.717, 1.165) is 38.9 Å². The number of rotatable bonds is 7. The molecule has 1 atom stereocenters. The first kappa shape index (κ1) is 24.0. The van der Waals surface area contributed by atoms with Crippen LogP contribution in [0.2, 0.25) is 0 Å². The molecule has 1 unspecified atom stereocenters. The molecule has 0 spiro atoms. The van der Waals surface area contributed by atoms with Gasteiger partial charge in [0.1, 0.15) is 0 Å². The number of benzene rings is 2. The SMILES string of the molecule is Cc1cc(C)cc(-c2cccc(CC3(C(=O)NCCN4CCCCC4C)CCOCC3)c2)c1. The van der Waals surface area contributed by atoms with Gasteiger partial charge in [0.15, 0.2) is 0 Å². The Hall–Kier alpha value is -2.17. The van der Waals surface area contributed by atoms with Crippen LogP contribution < -0.4 is 5.32 Å². The van der Waals surface area contributed by atoms with Gasteiger partial charge >= 0.3 is 0 Å². The lowest BCUT2D eigenvalue weighted by Crippen LogP contribution is -2.49. The summed E-state index contributed by atoms with van der Waals surface area (Å²) in [4.78, 5) is 16.0. The third-order valence-electron chi connectivity index (χ3n) is 7.58. The van der Waals surface area contributed by atoms with E-state index < -0.39 is 0 Å².